The average Bonchev–Trinajstić information content (AvgIpc) is 3.01. The Morgan fingerprint density at radius 2 is 1.79 bits per heavy atom. The van der Waals surface area contributed by atoms with Gasteiger partial charge in [0.1, 0.15) is 17.2 Å². The van der Waals surface area contributed by atoms with Gasteiger partial charge in [-0.2, -0.15) is 4.98 Å². The Labute approximate surface area is 196 Å². The molecule has 0 spiro atoms. The van der Waals surface area contributed by atoms with Crippen LogP contribution in [-0.4, -0.2) is 48.7 Å². The van der Waals surface area contributed by atoms with E-state index in [1.165, 1.54) is 26.0 Å². The van der Waals surface area contributed by atoms with Gasteiger partial charge < -0.3 is 18.9 Å². The number of hydrogen-bond acceptors (Lipinski definition) is 9. The molecule has 0 N–H and O–H groups in total. The van der Waals surface area contributed by atoms with Crippen LogP contribution in [-0.2, 0) is 4.79 Å². The lowest BCUT2D eigenvalue weighted by Crippen LogP contribution is -2.37. The second-order valence-electron chi connectivity index (χ2n) is 7.00. The molecule has 33 heavy (non-hydrogen) atoms. The molecule has 3 aromatic rings. The third-order valence-corrected chi connectivity index (χ3v) is 5.80. The van der Waals surface area contributed by atoms with Crippen LogP contribution in [0.1, 0.15) is 25.1 Å². The van der Waals surface area contributed by atoms with E-state index in [1.807, 2.05) is 30.5 Å². The molecular formula is C23H24N4O5S. The number of ether oxygens (including phenoxy) is 4. The third-order valence-electron chi connectivity index (χ3n) is 5.27. The second-order valence-corrected chi connectivity index (χ2v) is 7.78. The Morgan fingerprint density at radius 3 is 2.39 bits per heavy atom. The molecule has 1 aromatic heterocycles. The molecule has 4 rings (SSSR count). The molecule has 2 heterocycles. The standard InChI is InChI=1S/C23H24N4O5S/c1-6-18(28)27-15-10-8-7-9-14(15)20-21(24-23(33-5)26-25-20)32-22(27)19-16(30-3)11-13(29-2)12-17(19)31-4/h7-12,22H,6H2,1-5H3/t22-/m0/s1. The smallest absolute Gasteiger partial charge is 0.247 e. The maximum absolute atomic E-state index is 13.3. The molecule has 0 saturated heterocycles. The Hall–Kier alpha value is -3.53. The summed E-state index contributed by atoms with van der Waals surface area (Å²) in [7, 11) is 4.64. The molecular weight excluding hydrogens is 444 g/mol. The summed E-state index contributed by atoms with van der Waals surface area (Å²) in [6.07, 6.45) is 1.16. The molecule has 9 nitrogen and oxygen atoms in total. The zero-order valence-corrected chi connectivity index (χ0v) is 19.8. The SMILES string of the molecule is CCC(=O)N1c2ccccc2-c2nnc(SC)nc2O[C@H]1c1c(OC)cc(OC)cc1OC. The Bertz CT molecular complexity index is 1160. The molecule has 0 unspecified atom stereocenters. The van der Waals surface area contributed by atoms with Gasteiger partial charge in [0.25, 0.3) is 0 Å². The molecule has 10 heteroatoms. The van der Waals surface area contributed by atoms with Crippen LogP contribution in [0.15, 0.2) is 41.6 Å². The predicted molar refractivity (Wildman–Crippen MR) is 124 cm³/mol. The van der Waals surface area contributed by atoms with Crippen LogP contribution in [0.4, 0.5) is 5.69 Å². The van der Waals surface area contributed by atoms with E-state index in [1.54, 1.807) is 31.1 Å². The highest BCUT2D eigenvalue weighted by atomic mass is 32.2. The molecule has 1 aliphatic rings. The first kappa shape index (κ1) is 22.7. The van der Waals surface area contributed by atoms with Crippen molar-refractivity contribution < 1.29 is 23.7 Å². The number of benzene rings is 2. The monoisotopic (exact) mass is 468 g/mol. The van der Waals surface area contributed by atoms with Gasteiger partial charge in [-0.25, -0.2) is 0 Å². The fourth-order valence-electron chi connectivity index (χ4n) is 3.70. The maximum Gasteiger partial charge on any atom is 0.247 e. The van der Waals surface area contributed by atoms with Crippen molar-refractivity contribution in [1.29, 1.82) is 0 Å². The molecule has 0 saturated carbocycles. The number of methoxy groups -OCH3 is 3. The van der Waals surface area contributed by atoms with Crippen LogP contribution in [0.3, 0.4) is 0 Å². The van der Waals surface area contributed by atoms with E-state index < -0.39 is 6.23 Å². The van der Waals surface area contributed by atoms with Gasteiger partial charge in [-0.3, -0.25) is 9.69 Å². The van der Waals surface area contributed by atoms with Crippen LogP contribution < -0.4 is 23.8 Å². The van der Waals surface area contributed by atoms with Crippen LogP contribution in [0, 0.1) is 0 Å². The second kappa shape index (κ2) is 9.53. The number of para-hydroxylation sites is 1. The van der Waals surface area contributed by atoms with Gasteiger partial charge in [-0.15, -0.1) is 10.2 Å². The van der Waals surface area contributed by atoms with Gasteiger partial charge in [0.05, 0.1) is 32.6 Å². The highest BCUT2D eigenvalue weighted by molar-refractivity contribution is 7.98. The minimum absolute atomic E-state index is 0.154. The van der Waals surface area contributed by atoms with Crippen molar-refractivity contribution in [3.05, 3.63) is 42.0 Å². The van der Waals surface area contributed by atoms with Gasteiger partial charge in [0.2, 0.25) is 23.2 Å². The fraction of sp³-hybridized carbons (Fsp3) is 0.304. The molecule has 0 radical (unpaired) electrons. The van der Waals surface area contributed by atoms with Crippen LogP contribution in [0.25, 0.3) is 11.3 Å². The van der Waals surface area contributed by atoms with Gasteiger partial charge >= 0.3 is 0 Å². The largest absolute Gasteiger partial charge is 0.496 e. The van der Waals surface area contributed by atoms with E-state index in [0.29, 0.717) is 44.9 Å². The van der Waals surface area contributed by atoms with Gasteiger partial charge in [0, 0.05) is 24.1 Å². The van der Waals surface area contributed by atoms with Crippen LogP contribution >= 0.6 is 11.8 Å². The number of rotatable bonds is 6. The van der Waals surface area contributed by atoms with Crippen molar-refractivity contribution >= 4 is 23.4 Å². The summed E-state index contributed by atoms with van der Waals surface area (Å²) in [5.41, 5.74) is 2.29. The van der Waals surface area contributed by atoms with E-state index in [2.05, 4.69) is 15.2 Å². The highest BCUT2D eigenvalue weighted by Gasteiger charge is 2.38. The summed E-state index contributed by atoms with van der Waals surface area (Å²) >= 11 is 1.35. The first-order valence-electron chi connectivity index (χ1n) is 10.2. The molecule has 1 aliphatic heterocycles. The highest BCUT2D eigenvalue weighted by Crippen LogP contribution is 2.48. The normalized spacial score (nSPS) is 14.5. The van der Waals surface area contributed by atoms with Crippen LogP contribution in [0.5, 0.6) is 23.1 Å². The lowest BCUT2D eigenvalue weighted by molar-refractivity contribution is -0.120. The number of nitrogens with zero attached hydrogens (tertiary/aromatic N) is 4. The summed E-state index contributed by atoms with van der Waals surface area (Å²) in [5, 5.41) is 9.01. The summed E-state index contributed by atoms with van der Waals surface area (Å²) in [4.78, 5) is 19.5. The summed E-state index contributed by atoms with van der Waals surface area (Å²) in [6.45, 7) is 1.80. The Morgan fingerprint density at radius 1 is 1.09 bits per heavy atom. The van der Waals surface area contributed by atoms with Crippen molar-refractivity contribution in [1.82, 2.24) is 15.2 Å². The first-order valence-corrected chi connectivity index (χ1v) is 11.4. The van der Waals surface area contributed by atoms with Gasteiger partial charge in [-0.1, -0.05) is 36.9 Å². The van der Waals surface area contributed by atoms with Crippen molar-refractivity contribution in [2.24, 2.45) is 0 Å². The predicted octanol–water partition coefficient (Wildman–Crippen LogP) is 4.12. The van der Waals surface area contributed by atoms with Crippen molar-refractivity contribution in [3.8, 4) is 34.4 Å². The Balaban J connectivity index is 2.04. The Kier molecular flexibility index (Phi) is 6.55. The zero-order valence-electron chi connectivity index (χ0n) is 19.0. The molecule has 1 atom stereocenters. The summed E-state index contributed by atoms with van der Waals surface area (Å²) in [5.74, 6) is 1.54. The number of fused-ring (bicyclic) bond motifs is 3. The van der Waals surface area contributed by atoms with E-state index in [-0.39, 0.29) is 18.2 Å². The summed E-state index contributed by atoms with van der Waals surface area (Å²) < 4.78 is 23.2. The third kappa shape index (κ3) is 4.02. The number of carbonyl (C=O) groups is 1. The van der Waals surface area contributed by atoms with E-state index in [4.69, 9.17) is 18.9 Å². The van der Waals surface area contributed by atoms with Crippen molar-refractivity contribution in [2.45, 2.75) is 24.7 Å². The van der Waals surface area contributed by atoms with Crippen LogP contribution in [0.2, 0.25) is 0 Å². The topological polar surface area (TPSA) is 95.9 Å². The first-order chi connectivity index (χ1) is 16.1. The number of anilines is 1. The van der Waals surface area contributed by atoms with Gasteiger partial charge in [0.15, 0.2) is 5.69 Å². The quantitative estimate of drug-likeness (QED) is 0.495. The number of aromatic nitrogens is 3. The molecule has 0 aliphatic carbocycles. The summed E-state index contributed by atoms with van der Waals surface area (Å²) in [6, 6.07) is 10.9. The zero-order chi connectivity index (χ0) is 23.5. The average molecular weight is 469 g/mol. The van der Waals surface area contributed by atoms with Gasteiger partial charge in [-0.05, 0) is 12.3 Å². The number of hydrogen-bond donors (Lipinski definition) is 0. The number of thioether (sulfide) groups is 1. The maximum atomic E-state index is 13.3. The lowest BCUT2D eigenvalue weighted by atomic mass is 10.1. The molecule has 0 bridgehead atoms. The van der Waals surface area contributed by atoms with E-state index >= 15 is 0 Å². The van der Waals surface area contributed by atoms with Crippen molar-refractivity contribution in [3.63, 3.8) is 0 Å². The lowest BCUT2D eigenvalue weighted by Gasteiger charge is -2.32. The minimum atomic E-state index is -0.943. The molecule has 172 valence electrons. The van der Waals surface area contributed by atoms with E-state index in [9.17, 15) is 4.79 Å². The molecule has 1 amide bonds. The fourth-order valence-corrected chi connectivity index (χ4v) is 4.00. The minimum Gasteiger partial charge on any atom is -0.496 e. The number of carbonyl (C=O) groups excluding carboxylic acids is 1. The molecule has 2 aromatic carbocycles. The molecule has 0 fully saturated rings. The number of amides is 1. The van der Waals surface area contributed by atoms with Crippen molar-refractivity contribution in [2.75, 3.05) is 32.5 Å². The van der Waals surface area contributed by atoms with E-state index in [0.717, 1.165) is 0 Å².